The zero-order valence-corrected chi connectivity index (χ0v) is 10.1. The van der Waals surface area contributed by atoms with Crippen LogP contribution in [0.25, 0.3) is 0 Å². The lowest BCUT2D eigenvalue weighted by Gasteiger charge is -2.25. The van der Waals surface area contributed by atoms with Gasteiger partial charge in [0.25, 0.3) is 0 Å². The van der Waals surface area contributed by atoms with E-state index in [4.69, 9.17) is 0 Å². The zero-order chi connectivity index (χ0) is 12.1. The van der Waals surface area contributed by atoms with Crippen molar-refractivity contribution in [2.24, 2.45) is 5.92 Å². The molecule has 0 aliphatic heterocycles. The second-order valence-corrected chi connectivity index (χ2v) is 4.48. The first kappa shape index (κ1) is 13.0. The predicted octanol–water partition coefficient (Wildman–Crippen LogP) is 2.06. The van der Waals surface area contributed by atoms with Crippen molar-refractivity contribution in [1.29, 1.82) is 0 Å². The minimum atomic E-state index is 0.0285. The van der Waals surface area contributed by atoms with E-state index in [1.54, 1.807) is 12.1 Å². The minimum absolute atomic E-state index is 0.0285. The summed E-state index contributed by atoms with van der Waals surface area (Å²) < 4.78 is 0. The van der Waals surface area contributed by atoms with Crippen LogP contribution in [0.4, 0.5) is 0 Å². The van der Waals surface area contributed by atoms with E-state index < -0.39 is 0 Å². The number of aromatic hydroxyl groups is 1. The van der Waals surface area contributed by atoms with Gasteiger partial charge in [-0.15, -0.1) is 0 Å². The summed E-state index contributed by atoms with van der Waals surface area (Å²) in [6.45, 7) is 6.21. The van der Waals surface area contributed by atoms with Gasteiger partial charge >= 0.3 is 0 Å². The van der Waals surface area contributed by atoms with Crippen molar-refractivity contribution in [3.05, 3.63) is 29.8 Å². The van der Waals surface area contributed by atoms with Gasteiger partial charge in [-0.05, 0) is 18.9 Å². The maximum absolute atomic E-state index is 9.70. The van der Waals surface area contributed by atoms with Crippen LogP contribution in [0, 0.1) is 5.92 Å². The van der Waals surface area contributed by atoms with E-state index in [0.29, 0.717) is 11.7 Å². The molecule has 0 saturated carbocycles. The number of hydrogen-bond donors (Lipinski definition) is 3. The van der Waals surface area contributed by atoms with E-state index in [-0.39, 0.29) is 18.7 Å². The Morgan fingerprint density at radius 1 is 1.19 bits per heavy atom. The molecule has 3 nitrogen and oxygen atoms in total. The molecule has 0 spiro atoms. The Bertz CT molecular complexity index is 325. The molecular formula is C13H21NO2. The van der Waals surface area contributed by atoms with Gasteiger partial charge in [0, 0.05) is 17.6 Å². The Hall–Kier alpha value is -1.06. The number of aliphatic hydroxyl groups is 1. The molecule has 0 heterocycles. The van der Waals surface area contributed by atoms with Crippen molar-refractivity contribution in [2.75, 3.05) is 6.61 Å². The molecule has 1 aromatic carbocycles. The first-order chi connectivity index (χ1) is 7.56. The van der Waals surface area contributed by atoms with Gasteiger partial charge in [0.2, 0.25) is 0 Å². The smallest absolute Gasteiger partial charge is 0.120 e. The van der Waals surface area contributed by atoms with Crippen LogP contribution in [0.2, 0.25) is 0 Å². The van der Waals surface area contributed by atoms with Crippen molar-refractivity contribution in [1.82, 2.24) is 5.32 Å². The van der Waals surface area contributed by atoms with Crippen LogP contribution in [0.15, 0.2) is 24.3 Å². The highest BCUT2D eigenvalue weighted by atomic mass is 16.3. The van der Waals surface area contributed by atoms with Crippen molar-refractivity contribution >= 4 is 0 Å². The molecule has 90 valence electrons. The van der Waals surface area contributed by atoms with Crippen LogP contribution in [0.5, 0.6) is 5.75 Å². The molecule has 0 aliphatic rings. The van der Waals surface area contributed by atoms with E-state index in [1.807, 2.05) is 19.1 Å². The fourth-order valence-corrected chi connectivity index (χ4v) is 1.72. The number of rotatable bonds is 5. The summed E-state index contributed by atoms with van der Waals surface area (Å²) in [7, 11) is 0. The molecule has 1 aromatic rings. The number of nitrogens with one attached hydrogen (secondary N) is 1. The number of para-hydroxylation sites is 1. The molecular weight excluding hydrogens is 202 g/mol. The molecule has 0 aromatic heterocycles. The number of benzene rings is 1. The van der Waals surface area contributed by atoms with Crippen LogP contribution in [0.3, 0.4) is 0 Å². The van der Waals surface area contributed by atoms with Crippen LogP contribution < -0.4 is 5.32 Å². The van der Waals surface area contributed by atoms with Crippen molar-refractivity contribution in [3.8, 4) is 5.75 Å². The van der Waals surface area contributed by atoms with E-state index in [9.17, 15) is 10.2 Å². The number of aliphatic hydroxyl groups excluding tert-OH is 1. The minimum Gasteiger partial charge on any atom is -0.508 e. The summed E-state index contributed by atoms with van der Waals surface area (Å²) >= 11 is 0. The Morgan fingerprint density at radius 2 is 1.81 bits per heavy atom. The van der Waals surface area contributed by atoms with Gasteiger partial charge in [0.15, 0.2) is 0 Å². The van der Waals surface area contributed by atoms with Crippen LogP contribution in [0.1, 0.15) is 32.4 Å². The molecule has 0 saturated heterocycles. The van der Waals surface area contributed by atoms with Gasteiger partial charge < -0.3 is 15.5 Å². The third kappa shape index (κ3) is 3.22. The van der Waals surface area contributed by atoms with E-state index in [2.05, 4.69) is 19.2 Å². The monoisotopic (exact) mass is 223 g/mol. The highest BCUT2D eigenvalue weighted by Gasteiger charge is 2.17. The average Bonchev–Trinajstić information content (AvgIpc) is 2.25. The Balaban J connectivity index is 2.72. The van der Waals surface area contributed by atoms with Crippen molar-refractivity contribution in [2.45, 2.75) is 32.9 Å². The van der Waals surface area contributed by atoms with Crippen molar-refractivity contribution < 1.29 is 10.2 Å². The summed E-state index contributed by atoms with van der Waals surface area (Å²) in [6, 6.07) is 7.35. The Morgan fingerprint density at radius 3 is 2.31 bits per heavy atom. The topological polar surface area (TPSA) is 52.5 Å². The summed E-state index contributed by atoms with van der Waals surface area (Å²) in [5, 5.41) is 22.3. The average molecular weight is 223 g/mol. The van der Waals surface area contributed by atoms with E-state index >= 15 is 0 Å². The molecule has 1 rings (SSSR count). The molecule has 0 amide bonds. The molecule has 3 N–H and O–H groups in total. The second-order valence-electron chi connectivity index (χ2n) is 4.48. The third-order valence-corrected chi connectivity index (χ3v) is 2.87. The van der Waals surface area contributed by atoms with Gasteiger partial charge in [-0.25, -0.2) is 0 Å². The number of phenolic OH excluding ortho intramolecular Hbond substituents is 1. The molecule has 0 bridgehead atoms. The molecule has 0 aliphatic carbocycles. The first-order valence-corrected chi connectivity index (χ1v) is 5.71. The quantitative estimate of drug-likeness (QED) is 0.716. The Kier molecular flexibility index (Phi) is 4.77. The lowest BCUT2D eigenvalue weighted by atomic mass is 10.0. The maximum Gasteiger partial charge on any atom is 0.120 e. The van der Waals surface area contributed by atoms with E-state index in [1.165, 1.54) is 0 Å². The lowest BCUT2D eigenvalue weighted by Crippen LogP contribution is -2.38. The third-order valence-electron chi connectivity index (χ3n) is 2.87. The normalized spacial score (nSPS) is 15.1. The van der Waals surface area contributed by atoms with Crippen molar-refractivity contribution in [3.63, 3.8) is 0 Å². The molecule has 3 heteroatoms. The Labute approximate surface area is 97.1 Å². The van der Waals surface area contributed by atoms with Crippen LogP contribution in [-0.2, 0) is 0 Å². The fraction of sp³-hybridized carbons (Fsp3) is 0.538. The highest BCUT2D eigenvalue weighted by Crippen LogP contribution is 2.24. The van der Waals surface area contributed by atoms with Gasteiger partial charge in [0.05, 0.1) is 6.61 Å². The maximum atomic E-state index is 9.70. The summed E-state index contributed by atoms with van der Waals surface area (Å²) in [4.78, 5) is 0. The highest BCUT2D eigenvalue weighted by molar-refractivity contribution is 5.34. The largest absolute Gasteiger partial charge is 0.508 e. The fourth-order valence-electron chi connectivity index (χ4n) is 1.72. The number of hydrogen-bond acceptors (Lipinski definition) is 3. The first-order valence-electron chi connectivity index (χ1n) is 5.71. The summed E-state index contributed by atoms with van der Waals surface area (Å²) in [6.07, 6.45) is 0. The predicted molar refractivity (Wildman–Crippen MR) is 65.4 cm³/mol. The van der Waals surface area contributed by atoms with Gasteiger partial charge in [-0.1, -0.05) is 32.0 Å². The SMILES string of the molecule is CC(N[C@H](CO)C(C)C)c1ccccc1O. The summed E-state index contributed by atoms with van der Waals surface area (Å²) in [5.74, 6) is 0.654. The lowest BCUT2D eigenvalue weighted by molar-refractivity contribution is 0.201. The van der Waals surface area contributed by atoms with E-state index in [0.717, 1.165) is 5.56 Å². The zero-order valence-electron chi connectivity index (χ0n) is 10.1. The van der Waals surface area contributed by atoms with Crippen LogP contribution >= 0.6 is 0 Å². The molecule has 1 unspecified atom stereocenters. The van der Waals surface area contributed by atoms with Gasteiger partial charge in [-0.3, -0.25) is 0 Å². The van der Waals surface area contributed by atoms with Gasteiger partial charge in [-0.2, -0.15) is 0 Å². The standard InChI is InChI=1S/C13H21NO2/c1-9(2)12(8-15)14-10(3)11-6-4-5-7-13(11)16/h4-7,9-10,12,14-16H,8H2,1-3H3/t10?,12-/m1/s1. The molecule has 0 radical (unpaired) electrons. The second kappa shape index (κ2) is 5.87. The molecule has 0 fully saturated rings. The van der Waals surface area contributed by atoms with Crippen LogP contribution in [-0.4, -0.2) is 22.9 Å². The summed E-state index contributed by atoms with van der Waals surface area (Å²) in [5.41, 5.74) is 0.863. The molecule has 2 atom stereocenters. The number of phenols is 1. The van der Waals surface area contributed by atoms with Gasteiger partial charge in [0.1, 0.15) is 5.75 Å². The molecule has 16 heavy (non-hydrogen) atoms.